The van der Waals surface area contributed by atoms with Gasteiger partial charge in [-0.2, -0.15) is 0 Å². The van der Waals surface area contributed by atoms with Gasteiger partial charge in [0.05, 0.1) is 11.3 Å². The van der Waals surface area contributed by atoms with Gasteiger partial charge in [0.2, 0.25) is 0 Å². The number of imidazole rings is 1. The second-order valence-electron chi connectivity index (χ2n) is 11.4. The van der Waals surface area contributed by atoms with Gasteiger partial charge in [-0.05, 0) is 57.9 Å². The number of benzene rings is 1. The molecule has 6 rings (SSSR count). The third kappa shape index (κ3) is 4.42. The van der Waals surface area contributed by atoms with Crippen molar-refractivity contribution in [2.24, 2.45) is 5.41 Å². The number of hydrogen-bond donors (Lipinski definition) is 1. The van der Waals surface area contributed by atoms with Gasteiger partial charge < -0.3 is 20.4 Å². The first kappa shape index (κ1) is 24.2. The lowest BCUT2D eigenvalue weighted by Crippen LogP contribution is -2.39. The molecule has 0 bridgehead atoms. The molecule has 0 aliphatic carbocycles. The molecule has 196 valence electrons. The molecule has 2 saturated heterocycles. The third-order valence-electron chi connectivity index (χ3n) is 7.42. The van der Waals surface area contributed by atoms with Gasteiger partial charge >= 0.3 is 6.09 Å². The fourth-order valence-corrected chi connectivity index (χ4v) is 5.60. The van der Waals surface area contributed by atoms with Gasteiger partial charge in [0.1, 0.15) is 16.9 Å². The number of fused-ring (bicyclic) bond motifs is 1. The molecule has 2 N–H and O–H groups in total. The summed E-state index contributed by atoms with van der Waals surface area (Å²) >= 11 is 0. The molecule has 0 radical (unpaired) electrons. The molecule has 9 heteroatoms. The Morgan fingerprint density at radius 1 is 0.974 bits per heavy atom. The largest absolute Gasteiger partial charge is 0.444 e. The van der Waals surface area contributed by atoms with Crippen LogP contribution in [0.5, 0.6) is 0 Å². The maximum atomic E-state index is 12.8. The van der Waals surface area contributed by atoms with Crippen molar-refractivity contribution in [2.45, 2.75) is 39.2 Å². The van der Waals surface area contributed by atoms with E-state index >= 15 is 0 Å². The van der Waals surface area contributed by atoms with Crippen LogP contribution in [-0.4, -0.2) is 62.4 Å². The number of pyridine rings is 2. The zero-order chi connectivity index (χ0) is 26.5. The molecular formula is C29H33N7O2. The first-order valence-electron chi connectivity index (χ1n) is 13.1. The van der Waals surface area contributed by atoms with E-state index in [1.165, 1.54) is 0 Å². The van der Waals surface area contributed by atoms with Crippen molar-refractivity contribution in [1.82, 2.24) is 24.5 Å². The summed E-state index contributed by atoms with van der Waals surface area (Å²) in [5.41, 5.74) is 10.1. The summed E-state index contributed by atoms with van der Waals surface area (Å²) in [5.74, 6) is 1.15. The van der Waals surface area contributed by atoms with E-state index in [2.05, 4.69) is 26.8 Å². The number of amides is 1. The second kappa shape index (κ2) is 9.01. The highest BCUT2D eigenvalue weighted by molar-refractivity contribution is 5.83. The number of aromatic nitrogens is 4. The fourth-order valence-electron chi connectivity index (χ4n) is 5.60. The van der Waals surface area contributed by atoms with Crippen molar-refractivity contribution >= 4 is 23.1 Å². The highest BCUT2D eigenvalue weighted by atomic mass is 16.6. The number of carbonyl (C=O) groups is 1. The van der Waals surface area contributed by atoms with Gasteiger partial charge in [-0.3, -0.25) is 0 Å². The minimum Gasteiger partial charge on any atom is -0.444 e. The zero-order valence-electron chi connectivity index (χ0n) is 22.1. The molecule has 2 aliphatic rings. The van der Waals surface area contributed by atoms with Crippen LogP contribution in [0.4, 0.5) is 10.6 Å². The van der Waals surface area contributed by atoms with Crippen molar-refractivity contribution in [3.8, 4) is 22.6 Å². The number of likely N-dealkylation sites (tertiary alicyclic amines) is 1. The van der Waals surface area contributed by atoms with Gasteiger partial charge in [0, 0.05) is 43.4 Å². The highest BCUT2D eigenvalue weighted by Crippen LogP contribution is 2.41. The van der Waals surface area contributed by atoms with Gasteiger partial charge in [-0.1, -0.05) is 30.3 Å². The van der Waals surface area contributed by atoms with Crippen LogP contribution in [0.2, 0.25) is 0 Å². The molecule has 1 atom stereocenters. The molecule has 0 saturated carbocycles. The van der Waals surface area contributed by atoms with Crippen molar-refractivity contribution in [2.75, 3.05) is 36.9 Å². The Bertz CT molecular complexity index is 1490. The molecule has 1 spiro atoms. The summed E-state index contributed by atoms with van der Waals surface area (Å²) in [6.45, 7) is 8.69. The van der Waals surface area contributed by atoms with Crippen LogP contribution < -0.4 is 10.7 Å². The van der Waals surface area contributed by atoms with Crippen LogP contribution in [0, 0.1) is 5.41 Å². The van der Waals surface area contributed by atoms with Crippen molar-refractivity contribution in [1.29, 1.82) is 0 Å². The van der Waals surface area contributed by atoms with Gasteiger partial charge in [0.15, 0.2) is 11.5 Å². The Labute approximate surface area is 222 Å². The predicted octanol–water partition coefficient (Wildman–Crippen LogP) is 4.71. The number of nitrogen functional groups attached to an aromatic ring is 1. The number of hydrogen-bond acceptors (Lipinski definition) is 7. The molecule has 4 aromatic rings. The van der Waals surface area contributed by atoms with Crippen molar-refractivity contribution < 1.29 is 9.53 Å². The van der Waals surface area contributed by atoms with E-state index in [1.807, 2.05) is 68.1 Å². The van der Waals surface area contributed by atoms with Gasteiger partial charge in [-0.15, -0.1) is 0 Å². The molecular weight excluding hydrogens is 478 g/mol. The second-order valence-corrected chi connectivity index (χ2v) is 11.4. The summed E-state index contributed by atoms with van der Waals surface area (Å²) in [6, 6.07) is 18.0. The lowest BCUT2D eigenvalue weighted by molar-refractivity contribution is 0.0276. The highest BCUT2D eigenvalue weighted by Gasteiger charge is 2.46. The van der Waals surface area contributed by atoms with Gasteiger partial charge in [-0.25, -0.2) is 24.4 Å². The smallest absolute Gasteiger partial charge is 0.410 e. The minimum absolute atomic E-state index is 0.0116. The maximum absolute atomic E-state index is 12.8. The lowest BCUT2D eigenvalue weighted by atomic mass is 9.86. The molecule has 3 aromatic heterocycles. The van der Waals surface area contributed by atoms with E-state index in [0.717, 1.165) is 59.7 Å². The van der Waals surface area contributed by atoms with E-state index in [4.69, 9.17) is 20.4 Å². The summed E-state index contributed by atoms with van der Waals surface area (Å²) in [7, 11) is 0. The summed E-state index contributed by atoms with van der Waals surface area (Å²) in [4.78, 5) is 29.0. The quantitative estimate of drug-likeness (QED) is 0.425. The molecule has 38 heavy (non-hydrogen) atoms. The Morgan fingerprint density at radius 2 is 1.76 bits per heavy atom. The average molecular weight is 512 g/mol. The molecule has 2 aliphatic heterocycles. The normalized spacial score (nSPS) is 19.6. The van der Waals surface area contributed by atoms with Crippen LogP contribution in [0.3, 0.4) is 0 Å². The van der Waals surface area contributed by atoms with Gasteiger partial charge in [0.25, 0.3) is 0 Å². The number of rotatable bonds is 3. The molecule has 2 fully saturated rings. The molecule has 1 amide bonds. The van der Waals surface area contributed by atoms with Crippen LogP contribution in [0.1, 0.15) is 33.6 Å². The number of ether oxygens (including phenoxy) is 1. The van der Waals surface area contributed by atoms with E-state index in [-0.39, 0.29) is 11.5 Å². The van der Waals surface area contributed by atoms with Crippen molar-refractivity contribution in [3.05, 3.63) is 60.8 Å². The molecule has 1 aromatic carbocycles. The number of nitrogens with two attached hydrogens (primary N) is 1. The number of nitrogens with zero attached hydrogens (tertiary/aromatic N) is 6. The Balaban J connectivity index is 1.38. The first-order valence-corrected chi connectivity index (χ1v) is 13.1. The standard InChI is InChI=1S/C29H33N7O2/c1-28(2,3)38-27(37)34-16-13-29(18-34)14-17-35(19-29)36-25(21-10-7-15-31-24(21)30)33-23-12-11-22(32-26(23)36)20-8-5-4-6-9-20/h4-12,15H,13-14,16-19H2,1-3H3,(H2,30,31)/t29-/m0/s1. The van der Waals surface area contributed by atoms with E-state index < -0.39 is 5.60 Å². The van der Waals surface area contributed by atoms with E-state index in [1.54, 1.807) is 6.20 Å². The Morgan fingerprint density at radius 3 is 2.53 bits per heavy atom. The van der Waals surface area contributed by atoms with Crippen molar-refractivity contribution in [3.63, 3.8) is 0 Å². The van der Waals surface area contributed by atoms with Crippen LogP contribution in [0.25, 0.3) is 33.8 Å². The topological polar surface area (TPSA) is 102 Å². The predicted molar refractivity (Wildman–Crippen MR) is 148 cm³/mol. The van der Waals surface area contributed by atoms with Crippen LogP contribution in [0.15, 0.2) is 60.8 Å². The SMILES string of the molecule is CC(C)(C)OC(=O)N1CC[C@]2(CCN(n3c(-c4cccnc4N)nc4ccc(-c5ccccc5)nc43)C2)C1. The molecule has 0 unspecified atom stereocenters. The first-order chi connectivity index (χ1) is 18.2. The Kier molecular flexibility index (Phi) is 5.74. The zero-order valence-corrected chi connectivity index (χ0v) is 22.1. The number of carbonyl (C=O) groups excluding carboxylic acids is 1. The van der Waals surface area contributed by atoms with Crippen LogP contribution >= 0.6 is 0 Å². The monoisotopic (exact) mass is 511 g/mol. The van der Waals surface area contributed by atoms with E-state index in [9.17, 15) is 4.79 Å². The van der Waals surface area contributed by atoms with Crippen LogP contribution in [-0.2, 0) is 4.74 Å². The third-order valence-corrected chi connectivity index (χ3v) is 7.42. The summed E-state index contributed by atoms with van der Waals surface area (Å²) < 4.78 is 7.76. The Hall–Kier alpha value is -4.14. The van der Waals surface area contributed by atoms with E-state index in [0.29, 0.717) is 18.9 Å². The summed E-state index contributed by atoms with van der Waals surface area (Å²) in [5, 5.41) is 2.30. The summed E-state index contributed by atoms with van der Waals surface area (Å²) in [6.07, 6.45) is 3.35. The fraction of sp³-hybridized carbons (Fsp3) is 0.379. The molecule has 5 heterocycles. The average Bonchev–Trinajstić information content (AvgIpc) is 3.60. The maximum Gasteiger partial charge on any atom is 0.410 e. The number of anilines is 1. The lowest BCUT2D eigenvalue weighted by Gasteiger charge is -2.28. The molecule has 9 nitrogen and oxygen atoms in total. The minimum atomic E-state index is -0.509.